The van der Waals surface area contributed by atoms with Gasteiger partial charge in [-0.05, 0) is 31.0 Å². The van der Waals surface area contributed by atoms with E-state index in [0.717, 1.165) is 31.7 Å². The number of fused-ring (bicyclic) bond motifs is 1. The first-order valence-electron chi connectivity index (χ1n) is 7.10. The van der Waals surface area contributed by atoms with Crippen LogP contribution < -0.4 is 10.1 Å². The van der Waals surface area contributed by atoms with Crippen LogP contribution >= 0.6 is 11.3 Å². The minimum Gasteiger partial charge on any atom is -0.493 e. The molecule has 106 valence electrons. The molecule has 1 aromatic carbocycles. The van der Waals surface area contributed by atoms with Crippen molar-refractivity contribution in [2.45, 2.75) is 33.2 Å². The minimum atomic E-state index is 0.699. The van der Waals surface area contributed by atoms with Crippen molar-refractivity contribution in [2.75, 3.05) is 13.2 Å². The zero-order valence-electron chi connectivity index (χ0n) is 12.0. The van der Waals surface area contributed by atoms with Gasteiger partial charge in [-0.25, -0.2) is 4.98 Å². The second-order valence-corrected chi connectivity index (χ2v) is 6.44. The number of nitrogens with one attached hydrogen (secondary N) is 1. The van der Waals surface area contributed by atoms with E-state index < -0.39 is 0 Å². The van der Waals surface area contributed by atoms with Crippen molar-refractivity contribution in [1.29, 1.82) is 0 Å². The molecule has 3 rings (SSSR count). The summed E-state index contributed by atoms with van der Waals surface area (Å²) in [7, 11) is 0. The predicted octanol–water partition coefficient (Wildman–Crippen LogP) is 3.03. The van der Waals surface area contributed by atoms with Crippen molar-refractivity contribution in [3.05, 3.63) is 44.9 Å². The molecule has 0 unspecified atom stereocenters. The average Bonchev–Trinajstić information content (AvgIpc) is 2.85. The van der Waals surface area contributed by atoms with Crippen molar-refractivity contribution in [2.24, 2.45) is 0 Å². The zero-order chi connectivity index (χ0) is 13.9. The number of hydrogen-bond acceptors (Lipinski definition) is 4. The van der Waals surface area contributed by atoms with E-state index in [1.54, 1.807) is 0 Å². The summed E-state index contributed by atoms with van der Waals surface area (Å²) in [5.74, 6) is 0.994. The Kier molecular flexibility index (Phi) is 4.03. The molecule has 0 amide bonds. The Morgan fingerprint density at radius 1 is 1.35 bits per heavy atom. The minimum absolute atomic E-state index is 0.699. The SMILES string of the molecule is Cc1ccc(C)c(OCCc2nc3c(s2)CNCC3)c1. The fourth-order valence-electron chi connectivity index (χ4n) is 2.40. The summed E-state index contributed by atoms with van der Waals surface area (Å²) in [6.45, 7) is 6.90. The van der Waals surface area contributed by atoms with Crippen molar-refractivity contribution >= 4 is 11.3 Å². The van der Waals surface area contributed by atoms with Gasteiger partial charge < -0.3 is 10.1 Å². The highest BCUT2D eigenvalue weighted by molar-refractivity contribution is 7.11. The van der Waals surface area contributed by atoms with Crippen molar-refractivity contribution in [3.63, 3.8) is 0 Å². The Morgan fingerprint density at radius 3 is 3.10 bits per heavy atom. The third kappa shape index (κ3) is 3.02. The Hall–Kier alpha value is -1.39. The number of ether oxygens (including phenoxy) is 1. The maximum atomic E-state index is 5.90. The average molecular weight is 288 g/mol. The molecular weight excluding hydrogens is 268 g/mol. The molecule has 20 heavy (non-hydrogen) atoms. The van der Waals surface area contributed by atoms with Crippen LogP contribution in [-0.2, 0) is 19.4 Å². The molecular formula is C16H20N2OS. The van der Waals surface area contributed by atoms with Gasteiger partial charge in [0.25, 0.3) is 0 Å². The first-order chi connectivity index (χ1) is 9.72. The van der Waals surface area contributed by atoms with Gasteiger partial charge in [-0.15, -0.1) is 11.3 Å². The zero-order valence-corrected chi connectivity index (χ0v) is 12.8. The molecule has 1 N–H and O–H groups in total. The summed E-state index contributed by atoms with van der Waals surface area (Å²) in [5.41, 5.74) is 3.72. The summed E-state index contributed by atoms with van der Waals surface area (Å²) >= 11 is 1.82. The highest BCUT2D eigenvalue weighted by Gasteiger charge is 2.14. The first-order valence-corrected chi connectivity index (χ1v) is 7.92. The maximum Gasteiger partial charge on any atom is 0.122 e. The summed E-state index contributed by atoms with van der Waals surface area (Å²) < 4.78 is 5.90. The number of nitrogens with zero attached hydrogens (tertiary/aromatic N) is 1. The molecule has 0 aliphatic carbocycles. The van der Waals surface area contributed by atoms with E-state index in [4.69, 9.17) is 9.72 Å². The van der Waals surface area contributed by atoms with Crippen molar-refractivity contribution in [1.82, 2.24) is 10.3 Å². The third-order valence-electron chi connectivity index (χ3n) is 3.56. The fourth-order valence-corrected chi connectivity index (χ4v) is 3.46. The molecule has 1 aliphatic heterocycles. The lowest BCUT2D eigenvalue weighted by Gasteiger charge is -2.09. The van der Waals surface area contributed by atoms with Crippen LogP contribution in [0.3, 0.4) is 0 Å². The predicted molar refractivity (Wildman–Crippen MR) is 82.6 cm³/mol. The van der Waals surface area contributed by atoms with Crippen molar-refractivity contribution < 1.29 is 4.74 Å². The fraction of sp³-hybridized carbons (Fsp3) is 0.438. The van der Waals surface area contributed by atoms with Gasteiger partial charge in [0.15, 0.2) is 0 Å². The van der Waals surface area contributed by atoms with Gasteiger partial charge in [-0.3, -0.25) is 0 Å². The summed E-state index contributed by atoms with van der Waals surface area (Å²) in [6.07, 6.45) is 1.95. The molecule has 3 nitrogen and oxygen atoms in total. The van der Waals surface area contributed by atoms with Gasteiger partial charge in [0.2, 0.25) is 0 Å². The molecule has 1 aliphatic rings. The van der Waals surface area contributed by atoms with Crippen molar-refractivity contribution in [3.8, 4) is 5.75 Å². The van der Waals surface area contributed by atoms with Gasteiger partial charge in [-0.2, -0.15) is 0 Å². The lowest BCUT2D eigenvalue weighted by molar-refractivity contribution is 0.319. The van der Waals surface area contributed by atoms with Crippen LogP contribution in [0.1, 0.15) is 26.7 Å². The lowest BCUT2D eigenvalue weighted by atomic mass is 10.1. The molecule has 0 spiro atoms. The van der Waals surface area contributed by atoms with Gasteiger partial charge >= 0.3 is 0 Å². The first kappa shape index (κ1) is 13.6. The Labute approximate surface area is 124 Å². The summed E-state index contributed by atoms with van der Waals surface area (Å²) in [4.78, 5) is 6.12. The lowest BCUT2D eigenvalue weighted by Crippen LogP contribution is -2.22. The number of aryl methyl sites for hydroxylation is 2. The second kappa shape index (κ2) is 5.94. The smallest absolute Gasteiger partial charge is 0.122 e. The van der Waals surface area contributed by atoms with E-state index in [9.17, 15) is 0 Å². The molecule has 0 saturated carbocycles. The number of thiazole rings is 1. The molecule has 0 fully saturated rings. The maximum absolute atomic E-state index is 5.90. The third-order valence-corrected chi connectivity index (χ3v) is 4.72. The van der Waals surface area contributed by atoms with Crippen LogP contribution in [0.4, 0.5) is 0 Å². The van der Waals surface area contributed by atoms with E-state index in [-0.39, 0.29) is 0 Å². The number of hydrogen-bond donors (Lipinski definition) is 1. The monoisotopic (exact) mass is 288 g/mol. The number of aromatic nitrogens is 1. The van der Waals surface area contributed by atoms with Gasteiger partial charge in [0.1, 0.15) is 5.75 Å². The second-order valence-electron chi connectivity index (χ2n) is 5.27. The van der Waals surface area contributed by atoms with Gasteiger partial charge in [0.05, 0.1) is 17.3 Å². The quantitative estimate of drug-likeness (QED) is 0.939. The Morgan fingerprint density at radius 2 is 2.25 bits per heavy atom. The molecule has 0 saturated heterocycles. The van der Waals surface area contributed by atoms with Crippen LogP contribution in [0.15, 0.2) is 18.2 Å². The summed E-state index contributed by atoms with van der Waals surface area (Å²) in [5, 5.41) is 4.59. The van der Waals surface area contributed by atoms with E-state index in [2.05, 4.69) is 37.4 Å². The molecule has 2 aromatic rings. The van der Waals surface area contributed by atoms with E-state index in [1.165, 1.54) is 26.7 Å². The molecule has 4 heteroatoms. The number of benzene rings is 1. The largest absolute Gasteiger partial charge is 0.493 e. The van der Waals surface area contributed by atoms with Crippen LogP contribution in [0.25, 0.3) is 0 Å². The van der Waals surface area contributed by atoms with Gasteiger partial charge in [0, 0.05) is 30.8 Å². The number of rotatable bonds is 4. The highest BCUT2D eigenvalue weighted by atomic mass is 32.1. The molecule has 1 aromatic heterocycles. The standard InChI is InChI=1S/C16H20N2OS/c1-11-3-4-12(2)14(9-11)19-8-6-16-18-13-5-7-17-10-15(13)20-16/h3-4,9,17H,5-8,10H2,1-2H3. The molecule has 0 bridgehead atoms. The van der Waals surface area contributed by atoms with Crippen LogP contribution in [-0.4, -0.2) is 18.1 Å². The van der Waals surface area contributed by atoms with E-state index in [1.807, 2.05) is 11.3 Å². The Bertz CT molecular complexity index is 583. The van der Waals surface area contributed by atoms with Gasteiger partial charge in [-0.1, -0.05) is 12.1 Å². The topological polar surface area (TPSA) is 34.1 Å². The molecule has 2 heterocycles. The summed E-state index contributed by atoms with van der Waals surface area (Å²) in [6, 6.07) is 6.33. The van der Waals surface area contributed by atoms with E-state index >= 15 is 0 Å². The molecule has 0 radical (unpaired) electrons. The Balaban J connectivity index is 1.59. The molecule has 0 atom stereocenters. The normalized spacial score (nSPS) is 14.1. The van der Waals surface area contributed by atoms with Crippen LogP contribution in [0.2, 0.25) is 0 Å². The van der Waals surface area contributed by atoms with Crippen LogP contribution in [0, 0.1) is 13.8 Å². The highest BCUT2D eigenvalue weighted by Crippen LogP contribution is 2.23. The van der Waals surface area contributed by atoms with E-state index in [0.29, 0.717) is 6.61 Å². The van der Waals surface area contributed by atoms with Crippen LogP contribution in [0.5, 0.6) is 5.75 Å².